The van der Waals surface area contributed by atoms with E-state index in [1.54, 1.807) is 12.1 Å². The van der Waals surface area contributed by atoms with Gasteiger partial charge in [0.05, 0.1) is 13.4 Å². The maximum atomic E-state index is 12.2. The second-order valence-electron chi connectivity index (χ2n) is 5.23. The van der Waals surface area contributed by atoms with Crippen LogP contribution in [0, 0.1) is 5.92 Å². The topological polar surface area (TPSA) is 94.6 Å². The van der Waals surface area contributed by atoms with Crippen molar-refractivity contribution < 1.29 is 23.3 Å². The summed E-state index contributed by atoms with van der Waals surface area (Å²) in [6, 6.07) is 4.13. The molecule has 2 heterocycles. The van der Waals surface area contributed by atoms with E-state index in [2.05, 4.69) is 10.5 Å². The highest BCUT2D eigenvalue weighted by Gasteiger charge is 2.25. The number of methoxy groups -OCH3 is 1. The molecule has 1 atom stereocenters. The normalized spacial score (nSPS) is 12.2. The van der Waals surface area contributed by atoms with Crippen molar-refractivity contribution in [3.8, 4) is 11.5 Å². The summed E-state index contributed by atoms with van der Waals surface area (Å²) in [7, 11) is 1.28. The monoisotopic (exact) mass is 306 g/mol. The maximum absolute atomic E-state index is 12.2. The summed E-state index contributed by atoms with van der Waals surface area (Å²) >= 11 is 0. The molecule has 0 radical (unpaired) electrons. The predicted octanol–water partition coefficient (Wildman–Crippen LogP) is 2.25. The summed E-state index contributed by atoms with van der Waals surface area (Å²) in [4.78, 5) is 23.9. The van der Waals surface area contributed by atoms with Gasteiger partial charge in [0.2, 0.25) is 5.76 Å². The quantitative estimate of drug-likeness (QED) is 0.822. The minimum Gasteiger partial charge on any atom is -0.467 e. The average Bonchev–Trinajstić information content (AvgIpc) is 3.15. The van der Waals surface area contributed by atoms with Gasteiger partial charge in [-0.2, -0.15) is 0 Å². The number of amides is 1. The smallest absolute Gasteiger partial charge is 0.328 e. The van der Waals surface area contributed by atoms with Gasteiger partial charge in [0.15, 0.2) is 11.5 Å². The molecule has 1 N–H and O–H groups in total. The zero-order valence-corrected chi connectivity index (χ0v) is 12.7. The van der Waals surface area contributed by atoms with Crippen molar-refractivity contribution in [2.75, 3.05) is 7.11 Å². The highest BCUT2D eigenvalue weighted by Crippen LogP contribution is 2.20. The third-order valence-electron chi connectivity index (χ3n) is 3.00. The molecule has 2 aromatic rings. The van der Waals surface area contributed by atoms with Crippen LogP contribution in [-0.4, -0.2) is 30.2 Å². The van der Waals surface area contributed by atoms with Crippen molar-refractivity contribution in [3.63, 3.8) is 0 Å². The maximum Gasteiger partial charge on any atom is 0.328 e. The molecule has 0 fully saturated rings. The number of hydrogen-bond donors (Lipinski definition) is 1. The van der Waals surface area contributed by atoms with Crippen LogP contribution in [-0.2, 0) is 9.53 Å². The summed E-state index contributed by atoms with van der Waals surface area (Å²) in [5.74, 6) is 0.0432. The average molecular weight is 306 g/mol. The summed E-state index contributed by atoms with van der Waals surface area (Å²) in [5, 5.41) is 6.30. The third-order valence-corrected chi connectivity index (χ3v) is 3.00. The molecule has 0 saturated heterocycles. The van der Waals surface area contributed by atoms with E-state index >= 15 is 0 Å². The molecule has 7 heteroatoms. The van der Waals surface area contributed by atoms with E-state index in [1.165, 1.54) is 19.4 Å². The Morgan fingerprint density at radius 3 is 2.73 bits per heavy atom. The van der Waals surface area contributed by atoms with Crippen molar-refractivity contribution >= 4 is 11.9 Å². The van der Waals surface area contributed by atoms with Gasteiger partial charge in [0, 0.05) is 6.07 Å². The molecule has 0 aliphatic rings. The summed E-state index contributed by atoms with van der Waals surface area (Å²) < 4.78 is 14.9. The lowest BCUT2D eigenvalue weighted by Gasteiger charge is -2.17. The molecular weight excluding hydrogens is 288 g/mol. The predicted molar refractivity (Wildman–Crippen MR) is 76.9 cm³/mol. The fourth-order valence-electron chi connectivity index (χ4n) is 1.98. The zero-order valence-electron chi connectivity index (χ0n) is 12.7. The number of ether oxygens (including phenoxy) is 1. The minimum atomic E-state index is -0.721. The molecule has 0 saturated carbocycles. The fraction of sp³-hybridized carbons (Fsp3) is 0.400. The van der Waals surface area contributed by atoms with Gasteiger partial charge in [-0.05, 0) is 24.5 Å². The van der Waals surface area contributed by atoms with E-state index in [0.717, 1.165) is 0 Å². The Labute approximate surface area is 127 Å². The van der Waals surface area contributed by atoms with Crippen LogP contribution in [0.3, 0.4) is 0 Å². The summed E-state index contributed by atoms with van der Waals surface area (Å²) in [5.41, 5.74) is 0.0732. The molecule has 2 aromatic heterocycles. The number of carbonyl (C=O) groups is 2. The number of aromatic nitrogens is 1. The van der Waals surface area contributed by atoms with Crippen molar-refractivity contribution in [2.24, 2.45) is 5.92 Å². The number of furan rings is 1. The summed E-state index contributed by atoms with van der Waals surface area (Å²) in [6.45, 7) is 3.90. The Morgan fingerprint density at radius 2 is 2.14 bits per heavy atom. The first-order valence-electron chi connectivity index (χ1n) is 6.90. The molecule has 0 spiro atoms. The Morgan fingerprint density at radius 1 is 1.36 bits per heavy atom. The van der Waals surface area contributed by atoms with E-state index in [1.807, 2.05) is 13.8 Å². The zero-order chi connectivity index (χ0) is 16.1. The van der Waals surface area contributed by atoms with Gasteiger partial charge in [-0.15, -0.1) is 0 Å². The lowest BCUT2D eigenvalue weighted by Crippen LogP contribution is -2.42. The van der Waals surface area contributed by atoms with Crippen molar-refractivity contribution in [1.82, 2.24) is 10.5 Å². The van der Waals surface area contributed by atoms with Crippen molar-refractivity contribution in [2.45, 2.75) is 26.3 Å². The van der Waals surface area contributed by atoms with Crippen LogP contribution in [0.25, 0.3) is 11.5 Å². The van der Waals surface area contributed by atoms with E-state index in [-0.39, 0.29) is 11.6 Å². The lowest BCUT2D eigenvalue weighted by atomic mass is 10.0. The van der Waals surface area contributed by atoms with Gasteiger partial charge >= 0.3 is 5.97 Å². The third kappa shape index (κ3) is 3.75. The number of esters is 1. The number of nitrogens with one attached hydrogen (secondary N) is 1. The first-order valence-corrected chi connectivity index (χ1v) is 6.90. The van der Waals surface area contributed by atoms with Gasteiger partial charge in [-0.1, -0.05) is 19.0 Å². The Balaban J connectivity index is 2.08. The number of nitrogens with zero attached hydrogens (tertiary/aromatic N) is 1. The van der Waals surface area contributed by atoms with Crippen LogP contribution in [0.2, 0.25) is 0 Å². The molecule has 0 unspecified atom stereocenters. The van der Waals surface area contributed by atoms with Gasteiger partial charge in [-0.25, -0.2) is 4.79 Å². The second kappa shape index (κ2) is 6.93. The SMILES string of the molecule is COC(=O)[C@@H](CC(C)C)NC(=O)c1cc(-c2ccco2)on1. The fourth-order valence-corrected chi connectivity index (χ4v) is 1.98. The molecule has 7 nitrogen and oxygen atoms in total. The van der Waals surface area contributed by atoms with E-state index in [0.29, 0.717) is 17.9 Å². The molecular formula is C15H18N2O5. The van der Waals surface area contributed by atoms with Crippen LogP contribution in [0.4, 0.5) is 0 Å². The second-order valence-corrected chi connectivity index (χ2v) is 5.23. The first kappa shape index (κ1) is 15.8. The number of hydrogen-bond acceptors (Lipinski definition) is 6. The van der Waals surface area contributed by atoms with Crippen LogP contribution in [0.1, 0.15) is 30.8 Å². The molecule has 0 aromatic carbocycles. The Kier molecular flexibility index (Phi) is 4.98. The lowest BCUT2D eigenvalue weighted by molar-refractivity contribution is -0.143. The minimum absolute atomic E-state index is 0.0732. The van der Waals surface area contributed by atoms with Crippen molar-refractivity contribution in [3.05, 3.63) is 30.2 Å². The molecule has 0 aliphatic heterocycles. The first-order chi connectivity index (χ1) is 10.5. The van der Waals surface area contributed by atoms with Crippen LogP contribution in [0.5, 0.6) is 0 Å². The van der Waals surface area contributed by atoms with Crippen LogP contribution >= 0.6 is 0 Å². The van der Waals surface area contributed by atoms with Gasteiger partial charge in [-0.3, -0.25) is 4.79 Å². The molecule has 0 bridgehead atoms. The van der Waals surface area contributed by atoms with E-state index in [9.17, 15) is 9.59 Å². The van der Waals surface area contributed by atoms with Gasteiger partial charge in [0.25, 0.3) is 5.91 Å². The largest absolute Gasteiger partial charge is 0.467 e. The highest BCUT2D eigenvalue weighted by molar-refractivity contribution is 5.95. The van der Waals surface area contributed by atoms with Crippen molar-refractivity contribution in [1.29, 1.82) is 0 Å². The number of rotatable bonds is 6. The Hall–Kier alpha value is -2.57. The molecule has 1 amide bonds. The number of carbonyl (C=O) groups excluding carboxylic acids is 2. The van der Waals surface area contributed by atoms with E-state index < -0.39 is 17.9 Å². The Bertz CT molecular complexity index is 630. The highest BCUT2D eigenvalue weighted by atomic mass is 16.5. The summed E-state index contributed by atoms with van der Waals surface area (Å²) in [6.07, 6.45) is 1.97. The van der Waals surface area contributed by atoms with Crippen LogP contribution in [0.15, 0.2) is 33.4 Å². The molecule has 0 aliphatic carbocycles. The van der Waals surface area contributed by atoms with E-state index in [4.69, 9.17) is 13.7 Å². The molecule has 118 valence electrons. The van der Waals surface area contributed by atoms with Gasteiger partial charge < -0.3 is 19.0 Å². The molecule has 22 heavy (non-hydrogen) atoms. The van der Waals surface area contributed by atoms with Crippen LogP contribution < -0.4 is 5.32 Å². The molecule has 2 rings (SSSR count). The standard InChI is InChI=1S/C15H18N2O5/c1-9(2)7-11(15(19)20-3)16-14(18)10-8-13(22-17-10)12-5-4-6-21-12/h4-6,8-9,11H,7H2,1-3H3,(H,16,18)/t11-/m1/s1. The van der Waals surface area contributed by atoms with Gasteiger partial charge in [0.1, 0.15) is 6.04 Å².